The van der Waals surface area contributed by atoms with Crippen molar-refractivity contribution in [3.8, 4) is 5.75 Å². The van der Waals surface area contributed by atoms with Gasteiger partial charge in [-0.1, -0.05) is 36.1 Å². The summed E-state index contributed by atoms with van der Waals surface area (Å²) >= 11 is 6.70. The van der Waals surface area contributed by atoms with E-state index in [1.807, 2.05) is 0 Å². The maximum atomic E-state index is 12.7. The van der Waals surface area contributed by atoms with Gasteiger partial charge in [-0.05, 0) is 37.1 Å². The molecule has 1 amide bonds. The number of benzene rings is 1. The molecular weight excluding hydrogens is 412 g/mol. The number of rotatable bonds is 8. The van der Waals surface area contributed by atoms with Crippen LogP contribution in [0.5, 0.6) is 5.75 Å². The molecule has 2 fully saturated rings. The summed E-state index contributed by atoms with van der Waals surface area (Å²) in [6.45, 7) is 6.41. The molecule has 1 atom stereocenters. The Labute approximate surface area is 179 Å². The lowest BCUT2D eigenvalue weighted by molar-refractivity contribution is -0.144. The van der Waals surface area contributed by atoms with Crippen LogP contribution >= 0.6 is 24.0 Å². The molecule has 9 heteroatoms. The fourth-order valence-corrected chi connectivity index (χ4v) is 4.33. The number of aliphatic carboxylic acids is 1. The van der Waals surface area contributed by atoms with Gasteiger partial charge in [0.15, 0.2) is 6.10 Å². The molecule has 0 saturated carbocycles. The Bertz CT molecular complexity index is 791. The van der Waals surface area contributed by atoms with E-state index in [2.05, 4.69) is 4.90 Å². The first kappa shape index (κ1) is 21.8. The summed E-state index contributed by atoms with van der Waals surface area (Å²) in [4.78, 5) is 28.2. The van der Waals surface area contributed by atoms with Crippen LogP contribution in [-0.2, 0) is 14.3 Å². The van der Waals surface area contributed by atoms with Crippen LogP contribution in [0, 0.1) is 0 Å². The van der Waals surface area contributed by atoms with Crippen LogP contribution in [0.15, 0.2) is 29.2 Å². The number of thioether (sulfide) groups is 1. The Morgan fingerprint density at radius 3 is 2.66 bits per heavy atom. The van der Waals surface area contributed by atoms with Gasteiger partial charge in [0.05, 0.1) is 18.1 Å². The second-order valence-electron chi connectivity index (χ2n) is 6.81. The number of hydrogen-bond acceptors (Lipinski definition) is 7. The normalized spacial score (nSPS) is 20.3. The highest BCUT2D eigenvalue weighted by Gasteiger charge is 2.31. The van der Waals surface area contributed by atoms with E-state index in [-0.39, 0.29) is 5.91 Å². The van der Waals surface area contributed by atoms with Crippen LogP contribution < -0.4 is 4.74 Å². The van der Waals surface area contributed by atoms with Crippen LogP contribution in [0.3, 0.4) is 0 Å². The standard InChI is InChI=1S/C20H24N2O5S2/c1-14(19(24)25)27-16-5-3-15(4-6-16)13-17-18(23)22(20(28)29-17)8-2-7-21-9-11-26-12-10-21/h3-6,13-14H,2,7-12H2,1H3,(H,24,25)/b17-13+. The number of amides is 1. The summed E-state index contributed by atoms with van der Waals surface area (Å²) in [7, 11) is 0. The molecule has 7 nitrogen and oxygen atoms in total. The van der Waals surface area contributed by atoms with Gasteiger partial charge in [-0.3, -0.25) is 14.6 Å². The molecule has 0 aliphatic carbocycles. The highest BCUT2D eigenvalue weighted by Crippen LogP contribution is 2.32. The summed E-state index contributed by atoms with van der Waals surface area (Å²) < 4.78 is 11.2. The number of carboxylic acid groups (broad SMARTS) is 1. The number of ether oxygens (including phenoxy) is 2. The van der Waals surface area contributed by atoms with Gasteiger partial charge >= 0.3 is 5.97 Å². The highest BCUT2D eigenvalue weighted by atomic mass is 32.2. The fraction of sp³-hybridized carbons (Fsp3) is 0.450. The van der Waals surface area contributed by atoms with Gasteiger partial charge in [-0.2, -0.15) is 0 Å². The van der Waals surface area contributed by atoms with E-state index >= 15 is 0 Å². The molecule has 0 aromatic heterocycles. The minimum atomic E-state index is -1.02. The van der Waals surface area contributed by atoms with Crippen LogP contribution in [0.25, 0.3) is 6.08 Å². The molecule has 0 spiro atoms. The van der Waals surface area contributed by atoms with Crippen molar-refractivity contribution in [2.45, 2.75) is 19.4 Å². The zero-order valence-corrected chi connectivity index (χ0v) is 17.8. The van der Waals surface area contributed by atoms with Gasteiger partial charge in [0.2, 0.25) is 0 Å². The molecule has 1 N–H and O–H groups in total. The van der Waals surface area contributed by atoms with Gasteiger partial charge in [-0.15, -0.1) is 0 Å². The van der Waals surface area contributed by atoms with E-state index in [1.165, 1.54) is 18.7 Å². The zero-order chi connectivity index (χ0) is 20.8. The average molecular weight is 437 g/mol. The first-order chi connectivity index (χ1) is 13.9. The third kappa shape index (κ3) is 6.02. The topological polar surface area (TPSA) is 79.3 Å². The van der Waals surface area contributed by atoms with Gasteiger partial charge in [0, 0.05) is 26.2 Å². The van der Waals surface area contributed by atoms with Crippen molar-refractivity contribution in [2.75, 3.05) is 39.4 Å². The molecule has 2 aliphatic heterocycles. The second kappa shape index (κ2) is 10.2. The predicted octanol–water partition coefficient (Wildman–Crippen LogP) is 2.46. The second-order valence-corrected chi connectivity index (χ2v) is 8.48. The van der Waals surface area contributed by atoms with Crippen molar-refractivity contribution in [3.63, 3.8) is 0 Å². The summed E-state index contributed by atoms with van der Waals surface area (Å²) in [5.41, 5.74) is 0.828. The first-order valence-corrected chi connectivity index (χ1v) is 10.7. The van der Waals surface area contributed by atoms with Crippen molar-refractivity contribution in [1.82, 2.24) is 9.80 Å². The third-order valence-electron chi connectivity index (χ3n) is 4.67. The number of morpholine rings is 1. The van der Waals surface area contributed by atoms with Crippen molar-refractivity contribution >= 4 is 46.3 Å². The van der Waals surface area contributed by atoms with E-state index in [9.17, 15) is 9.59 Å². The molecule has 3 rings (SSSR count). The Balaban J connectivity index is 1.55. The summed E-state index contributed by atoms with van der Waals surface area (Å²) in [5, 5.41) is 8.90. The van der Waals surface area contributed by atoms with E-state index in [0.29, 0.717) is 21.5 Å². The number of carboxylic acids is 1. The molecule has 1 aromatic rings. The number of carbonyl (C=O) groups excluding carboxylic acids is 1. The smallest absolute Gasteiger partial charge is 0.344 e. The molecule has 156 valence electrons. The zero-order valence-electron chi connectivity index (χ0n) is 16.2. The SMILES string of the molecule is CC(Oc1ccc(/C=C2/SC(=S)N(CCCN3CCOCC3)C2=O)cc1)C(=O)O. The van der Waals surface area contributed by atoms with Crippen molar-refractivity contribution < 1.29 is 24.2 Å². The fourth-order valence-electron chi connectivity index (χ4n) is 3.02. The number of carbonyl (C=O) groups is 2. The lowest BCUT2D eigenvalue weighted by atomic mass is 10.2. The van der Waals surface area contributed by atoms with Crippen LogP contribution in [0.2, 0.25) is 0 Å². The quantitative estimate of drug-likeness (QED) is 0.492. The van der Waals surface area contributed by atoms with Crippen LogP contribution in [-0.4, -0.2) is 76.6 Å². The van der Waals surface area contributed by atoms with Gasteiger partial charge < -0.3 is 14.6 Å². The maximum absolute atomic E-state index is 12.7. The molecule has 29 heavy (non-hydrogen) atoms. The Kier molecular flexibility index (Phi) is 7.65. The van der Waals surface area contributed by atoms with E-state index in [0.717, 1.165) is 44.8 Å². The van der Waals surface area contributed by atoms with Crippen LogP contribution in [0.1, 0.15) is 18.9 Å². The number of nitrogens with zero attached hydrogens (tertiary/aromatic N) is 2. The largest absolute Gasteiger partial charge is 0.479 e. The number of thiocarbonyl (C=S) groups is 1. The summed E-state index contributed by atoms with van der Waals surface area (Å²) in [6.07, 6.45) is 1.74. The van der Waals surface area contributed by atoms with Crippen molar-refractivity contribution in [2.24, 2.45) is 0 Å². The highest BCUT2D eigenvalue weighted by molar-refractivity contribution is 8.26. The average Bonchev–Trinajstić information content (AvgIpc) is 2.97. The van der Waals surface area contributed by atoms with Crippen molar-refractivity contribution in [3.05, 3.63) is 34.7 Å². The minimum Gasteiger partial charge on any atom is -0.479 e. The minimum absolute atomic E-state index is 0.0678. The van der Waals surface area contributed by atoms with Gasteiger partial charge in [-0.25, -0.2) is 4.79 Å². The first-order valence-electron chi connectivity index (χ1n) is 9.49. The van der Waals surface area contributed by atoms with Crippen LogP contribution in [0.4, 0.5) is 0 Å². The maximum Gasteiger partial charge on any atom is 0.344 e. The molecule has 2 heterocycles. The van der Waals surface area contributed by atoms with E-state index < -0.39 is 12.1 Å². The molecule has 1 unspecified atom stereocenters. The Morgan fingerprint density at radius 2 is 2.00 bits per heavy atom. The van der Waals surface area contributed by atoms with Gasteiger partial charge in [0.25, 0.3) is 5.91 Å². The Morgan fingerprint density at radius 1 is 1.31 bits per heavy atom. The molecule has 2 saturated heterocycles. The Hall–Kier alpha value is -1.94. The molecule has 0 bridgehead atoms. The molecular formula is C20H24N2O5S2. The predicted molar refractivity (Wildman–Crippen MR) is 116 cm³/mol. The molecule has 1 aromatic carbocycles. The number of hydrogen-bond donors (Lipinski definition) is 1. The summed E-state index contributed by atoms with van der Waals surface area (Å²) in [6, 6.07) is 6.95. The monoisotopic (exact) mass is 436 g/mol. The van der Waals surface area contributed by atoms with Crippen molar-refractivity contribution in [1.29, 1.82) is 0 Å². The lowest BCUT2D eigenvalue weighted by Gasteiger charge is -2.27. The summed E-state index contributed by atoms with van der Waals surface area (Å²) in [5.74, 6) is -0.624. The van der Waals surface area contributed by atoms with Gasteiger partial charge in [0.1, 0.15) is 10.1 Å². The molecule has 2 aliphatic rings. The van der Waals surface area contributed by atoms with E-state index in [1.54, 1.807) is 35.2 Å². The third-order valence-corrected chi connectivity index (χ3v) is 6.05. The lowest BCUT2D eigenvalue weighted by Crippen LogP contribution is -2.38. The van der Waals surface area contributed by atoms with E-state index in [4.69, 9.17) is 26.8 Å². The molecule has 0 radical (unpaired) electrons.